The van der Waals surface area contributed by atoms with E-state index >= 15 is 0 Å². The van der Waals surface area contributed by atoms with Crippen LogP contribution in [0.2, 0.25) is 0 Å². The first-order chi connectivity index (χ1) is 11.8. The summed E-state index contributed by atoms with van der Waals surface area (Å²) >= 11 is 0.901. The molecule has 25 heavy (non-hydrogen) atoms. The lowest BCUT2D eigenvalue weighted by molar-refractivity contribution is 0.267. The van der Waals surface area contributed by atoms with Crippen LogP contribution in [-0.2, 0) is 5.41 Å². The number of thioether (sulfide) groups is 1. The highest BCUT2D eigenvalue weighted by atomic mass is 32.2. The van der Waals surface area contributed by atoms with Crippen molar-refractivity contribution in [3.63, 3.8) is 0 Å². The molecule has 0 spiro atoms. The second-order valence-electron chi connectivity index (χ2n) is 6.73. The van der Waals surface area contributed by atoms with Crippen molar-refractivity contribution < 1.29 is 14.6 Å². The second-order valence-corrected chi connectivity index (χ2v) is 7.72. The fourth-order valence-electron chi connectivity index (χ4n) is 2.38. The number of amides is 1. The Labute approximate surface area is 151 Å². The van der Waals surface area contributed by atoms with Gasteiger partial charge in [-0.3, -0.25) is 4.79 Å². The highest BCUT2D eigenvalue weighted by molar-refractivity contribution is 8.18. The Hall–Kier alpha value is -2.53. The molecule has 0 aromatic heterocycles. The van der Waals surface area contributed by atoms with Crippen LogP contribution in [0, 0.1) is 0 Å². The van der Waals surface area contributed by atoms with Crippen molar-refractivity contribution in [3.05, 3.63) is 64.6 Å². The maximum atomic E-state index is 11.3. The van der Waals surface area contributed by atoms with E-state index in [1.54, 1.807) is 6.08 Å². The normalized spacial score (nSPS) is 16.2. The number of carbonyl (C=O) groups excluding carboxylic acids is 1. The van der Waals surface area contributed by atoms with Crippen LogP contribution in [0.1, 0.15) is 31.9 Å². The smallest absolute Gasteiger partial charge is 0.313 e. The fraction of sp³-hybridized carbons (Fsp3) is 0.200. The number of aliphatic hydroxyl groups excluding tert-OH is 1. The molecule has 5 heteroatoms. The number of hydrogen-bond acceptors (Lipinski definition) is 3. The van der Waals surface area contributed by atoms with Gasteiger partial charge in [-0.2, -0.15) is 4.99 Å². The molecule has 1 aliphatic heterocycles. The van der Waals surface area contributed by atoms with E-state index in [1.165, 1.54) is 5.56 Å². The topological polar surface area (TPSA) is 58.9 Å². The van der Waals surface area contributed by atoms with E-state index in [9.17, 15) is 9.90 Å². The average molecular weight is 353 g/mol. The van der Waals surface area contributed by atoms with Crippen molar-refractivity contribution in [2.45, 2.75) is 26.2 Å². The van der Waals surface area contributed by atoms with Crippen LogP contribution < -0.4 is 4.74 Å². The highest BCUT2D eigenvalue weighted by Crippen LogP contribution is 2.33. The van der Waals surface area contributed by atoms with Crippen LogP contribution in [0.25, 0.3) is 6.08 Å². The van der Waals surface area contributed by atoms with E-state index in [4.69, 9.17) is 4.74 Å². The highest BCUT2D eigenvalue weighted by Gasteiger charge is 2.21. The van der Waals surface area contributed by atoms with Gasteiger partial charge in [-0.05, 0) is 47.0 Å². The third-order valence-electron chi connectivity index (χ3n) is 3.77. The largest absolute Gasteiger partial charge is 0.492 e. The fourth-order valence-corrected chi connectivity index (χ4v) is 3.03. The van der Waals surface area contributed by atoms with Gasteiger partial charge in [0.25, 0.3) is 0 Å². The molecule has 0 atom stereocenters. The Morgan fingerprint density at radius 1 is 1.08 bits per heavy atom. The van der Waals surface area contributed by atoms with Crippen LogP contribution in [0.4, 0.5) is 4.79 Å². The van der Waals surface area contributed by atoms with Crippen LogP contribution in [-0.4, -0.2) is 16.2 Å². The zero-order valence-corrected chi connectivity index (χ0v) is 15.1. The van der Waals surface area contributed by atoms with Crippen molar-refractivity contribution in [2.24, 2.45) is 4.99 Å². The molecule has 0 saturated heterocycles. The molecule has 2 aromatic carbocycles. The summed E-state index contributed by atoms with van der Waals surface area (Å²) in [7, 11) is 0. The molecule has 0 unspecified atom stereocenters. The molecule has 1 heterocycles. The number of benzene rings is 2. The van der Waals surface area contributed by atoms with Gasteiger partial charge >= 0.3 is 5.24 Å². The van der Waals surface area contributed by atoms with Crippen LogP contribution >= 0.6 is 11.8 Å². The first-order valence-electron chi connectivity index (χ1n) is 7.92. The zero-order chi connectivity index (χ0) is 18.0. The average Bonchev–Trinajstić information content (AvgIpc) is 2.86. The zero-order valence-electron chi connectivity index (χ0n) is 14.3. The lowest BCUT2D eigenvalue weighted by atomic mass is 9.87. The molecule has 1 amide bonds. The monoisotopic (exact) mass is 353 g/mol. The quantitative estimate of drug-likeness (QED) is 0.742. The number of aliphatic imine (C=N–C) groups is 1. The number of para-hydroxylation sites is 1. The molecule has 4 nitrogen and oxygen atoms in total. The first-order valence-corrected chi connectivity index (χ1v) is 8.73. The lowest BCUT2D eigenvalue weighted by Crippen LogP contribution is -2.10. The summed E-state index contributed by atoms with van der Waals surface area (Å²) < 4.78 is 5.99. The first kappa shape index (κ1) is 17.3. The Morgan fingerprint density at radius 2 is 1.76 bits per heavy atom. The summed E-state index contributed by atoms with van der Waals surface area (Å²) in [6.07, 6.45) is 1.70. The van der Waals surface area contributed by atoms with E-state index in [0.29, 0.717) is 10.7 Å². The van der Waals surface area contributed by atoms with Gasteiger partial charge in [0, 0.05) is 5.56 Å². The van der Waals surface area contributed by atoms with Crippen LogP contribution in [0.15, 0.2) is 58.4 Å². The second kappa shape index (κ2) is 6.76. The van der Waals surface area contributed by atoms with Gasteiger partial charge in [0.15, 0.2) is 0 Å². The van der Waals surface area contributed by atoms with Crippen molar-refractivity contribution in [2.75, 3.05) is 0 Å². The predicted octanol–water partition coefficient (Wildman–Crippen LogP) is 5.94. The standard InChI is InChI=1S/C20H19NO3S/c1-20(2,3)14-8-10-15(11-9-14)24-16-7-5-4-6-13(16)12-17-18(22)21-19(23)25-17/h4-12H,1-3H3,(H,21,22,23)/b17-12-. The van der Waals surface area contributed by atoms with E-state index in [0.717, 1.165) is 23.1 Å². The number of carbonyl (C=O) groups is 1. The summed E-state index contributed by atoms with van der Waals surface area (Å²) in [6, 6.07) is 15.5. The lowest BCUT2D eigenvalue weighted by Gasteiger charge is -2.19. The van der Waals surface area contributed by atoms with Crippen molar-refractivity contribution in [3.8, 4) is 11.5 Å². The summed E-state index contributed by atoms with van der Waals surface area (Å²) in [5, 5.41) is 9.29. The molecule has 0 radical (unpaired) electrons. The minimum absolute atomic E-state index is 0.0873. The predicted molar refractivity (Wildman–Crippen MR) is 103 cm³/mol. The van der Waals surface area contributed by atoms with Gasteiger partial charge in [0.2, 0.25) is 5.90 Å². The third kappa shape index (κ3) is 4.12. The molecule has 0 fully saturated rings. The van der Waals surface area contributed by atoms with Gasteiger partial charge in [0.05, 0.1) is 4.91 Å². The SMILES string of the molecule is CC(C)(C)c1ccc(Oc2ccccc2/C=C2\SC(=O)N=C2O)cc1. The van der Waals surface area contributed by atoms with Gasteiger partial charge in [-0.15, -0.1) is 0 Å². The Morgan fingerprint density at radius 3 is 2.36 bits per heavy atom. The maximum absolute atomic E-state index is 11.3. The number of hydrogen-bond donors (Lipinski definition) is 1. The maximum Gasteiger partial charge on any atom is 0.313 e. The molecule has 1 aliphatic rings. The Kier molecular flexibility index (Phi) is 4.68. The van der Waals surface area contributed by atoms with E-state index in [1.807, 2.05) is 36.4 Å². The molecule has 0 aliphatic carbocycles. The molecule has 1 N–H and O–H groups in total. The summed E-state index contributed by atoms with van der Waals surface area (Å²) in [5.74, 6) is 1.12. The molecular weight excluding hydrogens is 334 g/mol. The molecule has 0 saturated carbocycles. The van der Waals surface area contributed by atoms with Gasteiger partial charge in [0.1, 0.15) is 11.5 Å². The minimum atomic E-state index is -0.417. The molecule has 0 bridgehead atoms. The van der Waals surface area contributed by atoms with Gasteiger partial charge in [-0.25, -0.2) is 0 Å². The van der Waals surface area contributed by atoms with Crippen LogP contribution in [0.5, 0.6) is 11.5 Å². The molecule has 128 valence electrons. The van der Waals surface area contributed by atoms with Crippen molar-refractivity contribution in [1.29, 1.82) is 0 Å². The summed E-state index contributed by atoms with van der Waals surface area (Å²) in [4.78, 5) is 15.2. The molecule has 2 aromatic rings. The number of ether oxygens (including phenoxy) is 1. The summed E-state index contributed by atoms with van der Waals surface area (Å²) in [5.41, 5.74) is 2.09. The van der Waals surface area contributed by atoms with Crippen molar-refractivity contribution in [1.82, 2.24) is 0 Å². The molecular formula is C20H19NO3S. The van der Waals surface area contributed by atoms with E-state index < -0.39 is 5.24 Å². The number of aliphatic hydroxyl groups is 1. The van der Waals surface area contributed by atoms with Gasteiger partial charge < -0.3 is 9.84 Å². The minimum Gasteiger partial charge on any atom is -0.492 e. The Balaban J connectivity index is 1.86. The molecule has 3 rings (SSSR count). The third-order valence-corrected chi connectivity index (χ3v) is 4.55. The van der Waals surface area contributed by atoms with Gasteiger partial charge in [-0.1, -0.05) is 51.1 Å². The summed E-state index contributed by atoms with van der Waals surface area (Å²) in [6.45, 7) is 6.50. The number of rotatable bonds is 3. The Bertz CT molecular complexity index is 861. The van der Waals surface area contributed by atoms with Crippen molar-refractivity contribution >= 4 is 29.0 Å². The number of nitrogens with zero attached hydrogens (tertiary/aromatic N) is 1. The van der Waals surface area contributed by atoms with E-state index in [2.05, 4.69) is 37.9 Å². The van der Waals surface area contributed by atoms with E-state index in [-0.39, 0.29) is 11.3 Å². The van der Waals surface area contributed by atoms with Crippen LogP contribution in [0.3, 0.4) is 0 Å².